The van der Waals surface area contributed by atoms with Crippen molar-refractivity contribution in [1.29, 1.82) is 0 Å². The van der Waals surface area contributed by atoms with Gasteiger partial charge in [-0.3, -0.25) is 4.79 Å². The number of nitrogens with one attached hydrogen (secondary N) is 1. The number of aliphatic carboxylic acids is 1. The van der Waals surface area contributed by atoms with Gasteiger partial charge in [0.15, 0.2) is 6.10 Å². The van der Waals surface area contributed by atoms with Crippen LogP contribution in [0.3, 0.4) is 0 Å². The molecule has 2 heterocycles. The Hall–Kier alpha value is -2.15. The van der Waals surface area contributed by atoms with E-state index in [0.29, 0.717) is 25.3 Å². The Kier molecular flexibility index (Phi) is 4.52. The average Bonchev–Trinajstić information content (AvgIpc) is 2.95. The van der Waals surface area contributed by atoms with Crippen LogP contribution in [0.4, 0.5) is 0 Å². The van der Waals surface area contributed by atoms with Crippen LogP contribution in [0, 0.1) is 0 Å². The van der Waals surface area contributed by atoms with E-state index in [0.717, 1.165) is 5.56 Å². The largest absolute Gasteiger partial charge is 0.481 e. The maximum Gasteiger partial charge on any atom is 0.332 e. The molecule has 0 bridgehead atoms. The number of methoxy groups -OCH3 is 1. The van der Waals surface area contributed by atoms with Gasteiger partial charge in [0.2, 0.25) is 11.8 Å². The summed E-state index contributed by atoms with van der Waals surface area (Å²) in [6.45, 7) is 0.315. The van der Waals surface area contributed by atoms with E-state index in [9.17, 15) is 9.59 Å². The first-order chi connectivity index (χ1) is 9.60. The lowest BCUT2D eigenvalue weighted by atomic mass is 10.2. The highest BCUT2D eigenvalue weighted by molar-refractivity contribution is 5.82. The first-order valence-corrected chi connectivity index (χ1v) is 6.25. The van der Waals surface area contributed by atoms with Crippen molar-refractivity contribution in [1.82, 2.24) is 10.3 Å². The molecular formula is C13H16N2O5. The van der Waals surface area contributed by atoms with Crippen molar-refractivity contribution in [3.63, 3.8) is 0 Å². The van der Waals surface area contributed by atoms with E-state index in [2.05, 4.69) is 10.3 Å². The van der Waals surface area contributed by atoms with Crippen LogP contribution in [0.2, 0.25) is 0 Å². The maximum atomic E-state index is 11.9. The van der Waals surface area contributed by atoms with Gasteiger partial charge in [-0.25, -0.2) is 9.78 Å². The van der Waals surface area contributed by atoms with E-state index in [1.165, 1.54) is 7.11 Å². The van der Waals surface area contributed by atoms with E-state index in [1.54, 1.807) is 18.3 Å². The summed E-state index contributed by atoms with van der Waals surface area (Å²) in [5.41, 5.74) is 0.845. The molecule has 20 heavy (non-hydrogen) atoms. The molecule has 1 aliphatic heterocycles. The van der Waals surface area contributed by atoms with E-state index in [4.69, 9.17) is 14.6 Å². The summed E-state index contributed by atoms with van der Waals surface area (Å²) in [6.07, 6.45) is 0.790. The highest BCUT2D eigenvalue weighted by Crippen LogP contribution is 2.20. The number of carboxylic acid groups (broad SMARTS) is 1. The molecule has 1 aromatic heterocycles. The zero-order valence-corrected chi connectivity index (χ0v) is 11.0. The Morgan fingerprint density at radius 3 is 2.90 bits per heavy atom. The summed E-state index contributed by atoms with van der Waals surface area (Å²) < 4.78 is 10.2. The molecule has 0 unspecified atom stereocenters. The second kappa shape index (κ2) is 6.33. The molecule has 0 saturated carbocycles. The normalized spacial score (nSPS) is 21.4. The second-order valence-corrected chi connectivity index (χ2v) is 4.45. The van der Waals surface area contributed by atoms with Crippen molar-refractivity contribution < 1.29 is 24.2 Å². The van der Waals surface area contributed by atoms with Crippen LogP contribution in [-0.2, 0) is 20.9 Å². The zero-order chi connectivity index (χ0) is 14.5. The van der Waals surface area contributed by atoms with Gasteiger partial charge in [-0.2, -0.15) is 0 Å². The Labute approximate surface area is 115 Å². The highest BCUT2D eigenvalue weighted by Gasteiger charge is 2.34. The van der Waals surface area contributed by atoms with Gasteiger partial charge in [-0.1, -0.05) is 0 Å². The van der Waals surface area contributed by atoms with Crippen molar-refractivity contribution in [2.45, 2.75) is 31.6 Å². The molecule has 0 aliphatic carbocycles. The van der Waals surface area contributed by atoms with Crippen molar-refractivity contribution in [3.05, 3.63) is 23.9 Å². The van der Waals surface area contributed by atoms with E-state index >= 15 is 0 Å². The van der Waals surface area contributed by atoms with Gasteiger partial charge < -0.3 is 19.9 Å². The number of aromatic nitrogens is 1. The predicted octanol–water partition coefficient (Wildman–Crippen LogP) is 0.339. The minimum Gasteiger partial charge on any atom is -0.481 e. The molecule has 2 rings (SSSR count). The van der Waals surface area contributed by atoms with Crippen LogP contribution in [0.1, 0.15) is 18.4 Å². The number of carbonyl (C=O) groups excluding carboxylic acids is 1. The van der Waals surface area contributed by atoms with Crippen LogP contribution in [0.15, 0.2) is 18.3 Å². The molecule has 108 valence electrons. The summed E-state index contributed by atoms with van der Waals surface area (Å²) in [6, 6.07) is 3.48. The molecule has 1 aromatic rings. The Morgan fingerprint density at radius 2 is 2.25 bits per heavy atom. The fourth-order valence-electron chi connectivity index (χ4n) is 1.99. The SMILES string of the molecule is COc1cc(CNC(=O)[C@@H]2CC[C@H](C(=O)O)O2)ccn1. The molecule has 7 nitrogen and oxygen atoms in total. The van der Waals surface area contributed by atoms with Gasteiger partial charge in [-0.15, -0.1) is 0 Å². The summed E-state index contributed by atoms with van der Waals surface area (Å²) in [5.74, 6) is -0.858. The minimum absolute atomic E-state index is 0.301. The van der Waals surface area contributed by atoms with Gasteiger partial charge in [0.1, 0.15) is 6.10 Å². The van der Waals surface area contributed by atoms with Crippen LogP contribution in [0.25, 0.3) is 0 Å². The molecule has 7 heteroatoms. The molecular weight excluding hydrogens is 264 g/mol. The molecule has 2 N–H and O–H groups in total. The Bertz CT molecular complexity index is 505. The van der Waals surface area contributed by atoms with Gasteiger partial charge in [0.25, 0.3) is 0 Å². The van der Waals surface area contributed by atoms with Gasteiger partial charge in [0.05, 0.1) is 7.11 Å². The number of carboxylic acids is 1. The molecule has 1 amide bonds. The fourth-order valence-corrected chi connectivity index (χ4v) is 1.99. The third-order valence-electron chi connectivity index (χ3n) is 3.06. The third kappa shape index (κ3) is 3.45. The van der Waals surface area contributed by atoms with Gasteiger partial charge in [0, 0.05) is 18.8 Å². The number of carbonyl (C=O) groups is 2. The number of pyridine rings is 1. The molecule has 1 saturated heterocycles. The predicted molar refractivity (Wildman–Crippen MR) is 68.2 cm³/mol. The second-order valence-electron chi connectivity index (χ2n) is 4.45. The maximum absolute atomic E-state index is 11.9. The third-order valence-corrected chi connectivity index (χ3v) is 3.06. The highest BCUT2D eigenvalue weighted by atomic mass is 16.5. The number of nitrogens with zero attached hydrogens (tertiary/aromatic N) is 1. The van der Waals surface area contributed by atoms with Crippen molar-refractivity contribution in [2.24, 2.45) is 0 Å². The van der Waals surface area contributed by atoms with Crippen molar-refractivity contribution >= 4 is 11.9 Å². The monoisotopic (exact) mass is 280 g/mol. The number of ether oxygens (including phenoxy) is 2. The first kappa shape index (κ1) is 14.3. The summed E-state index contributed by atoms with van der Waals surface area (Å²) in [5, 5.41) is 11.5. The Morgan fingerprint density at radius 1 is 1.50 bits per heavy atom. The quantitative estimate of drug-likeness (QED) is 0.807. The van der Waals surface area contributed by atoms with E-state index in [1.807, 2.05) is 0 Å². The lowest BCUT2D eigenvalue weighted by Crippen LogP contribution is -2.35. The van der Waals surface area contributed by atoms with Gasteiger partial charge in [-0.05, 0) is 24.5 Å². The van der Waals surface area contributed by atoms with Crippen LogP contribution in [0.5, 0.6) is 5.88 Å². The number of amides is 1. The lowest BCUT2D eigenvalue weighted by Gasteiger charge is -2.12. The van der Waals surface area contributed by atoms with Gasteiger partial charge >= 0.3 is 5.97 Å². The van der Waals surface area contributed by atoms with Crippen molar-refractivity contribution in [2.75, 3.05) is 7.11 Å². The fraction of sp³-hybridized carbons (Fsp3) is 0.462. The molecule has 0 spiro atoms. The minimum atomic E-state index is -1.03. The van der Waals surface area contributed by atoms with Crippen molar-refractivity contribution in [3.8, 4) is 5.88 Å². The van der Waals surface area contributed by atoms with E-state index < -0.39 is 18.2 Å². The number of hydrogen-bond donors (Lipinski definition) is 2. The zero-order valence-electron chi connectivity index (χ0n) is 11.0. The van der Waals surface area contributed by atoms with Crippen LogP contribution >= 0.6 is 0 Å². The molecule has 0 radical (unpaired) electrons. The smallest absolute Gasteiger partial charge is 0.332 e. The summed E-state index contributed by atoms with van der Waals surface area (Å²) in [4.78, 5) is 26.6. The number of rotatable bonds is 5. The topological polar surface area (TPSA) is 97.8 Å². The van der Waals surface area contributed by atoms with E-state index in [-0.39, 0.29) is 5.91 Å². The average molecular weight is 280 g/mol. The molecule has 1 aliphatic rings. The first-order valence-electron chi connectivity index (χ1n) is 6.25. The Balaban J connectivity index is 1.85. The molecule has 1 fully saturated rings. The molecule has 0 aromatic carbocycles. The standard InChI is InChI=1S/C13H16N2O5/c1-19-11-6-8(4-5-14-11)7-15-12(16)9-2-3-10(20-9)13(17)18/h4-6,9-10H,2-3,7H2,1H3,(H,15,16)(H,17,18)/t9-,10+/m0/s1. The summed E-state index contributed by atoms with van der Waals surface area (Å²) in [7, 11) is 1.52. The lowest BCUT2D eigenvalue weighted by molar-refractivity contribution is -0.151. The van der Waals surface area contributed by atoms with Crippen LogP contribution in [-0.4, -0.2) is 41.3 Å². The number of hydrogen-bond acceptors (Lipinski definition) is 5. The summed E-state index contributed by atoms with van der Waals surface area (Å²) >= 11 is 0. The molecule has 2 atom stereocenters. The van der Waals surface area contributed by atoms with Crippen LogP contribution < -0.4 is 10.1 Å².